The van der Waals surface area contributed by atoms with Gasteiger partial charge in [0.05, 0.1) is 5.52 Å². The summed E-state index contributed by atoms with van der Waals surface area (Å²) in [6.45, 7) is 0. The summed E-state index contributed by atoms with van der Waals surface area (Å²) >= 11 is 1.86. The molecular weight excluding hydrogens is 569 g/mol. The van der Waals surface area contributed by atoms with Crippen molar-refractivity contribution in [2.45, 2.75) is 19.0 Å². The lowest BCUT2D eigenvalue weighted by molar-refractivity contribution is 0.383. The molecule has 3 heterocycles. The van der Waals surface area contributed by atoms with Gasteiger partial charge < -0.3 is 9.47 Å². The monoisotopic (exact) mass is 598 g/mol. The maximum atomic E-state index is 5.24. The summed E-state index contributed by atoms with van der Waals surface area (Å²) in [5.74, 6) is 1.70. The molecular formula is C40H30N4S. The fraction of sp³-hybridized carbons (Fsp3) is 0.100. The molecule has 0 fully saturated rings. The molecule has 0 spiro atoms. The highest BCUT2D eigenvalue weighted by atomic mass is 32.1. The second-order valence-electron chi connectivity index (χ2n) is 11.8. The van der Waals surface area contributed by atoms with Crippen LogP contribution in [0.25, 0.3) is 42.8 Å². The summed E-state index contributed by atoms with van der Waals surface area (Å²) in [7, 11) is 2.12. The smallest absolute Gasteiger partial charge is 0.159 e. The lowest BCUT2D eigenvalue weighted by atomic mass is 9.99. The molecule has 1 aliphatic heterocycles. The molecule has 45 heavy (non-hydrogen) atoms. The van der Waals surface area contributed by atoms with Crippen LogP contribution in [-0.2, 0) is 6.42 Å². The lowest BCUT2D eigenvalue weighted by Crippen LogP contribution is -2.35. The van der Waals surface area contributed by atoms with Gasteiger partial charge in [-0.3, -0.25) is 0 Å². The number of aliphatic imine (C=N–C) groups is 2. The summed E-state index contributed by atoms with van der Waals surface area (Å²) in [5, 5.41) is 3.94. The van der Waals surface area contributed by atoms with E-state index in [1.807, 2.05) is 17.4 Å². The molecule has 0 bridgehead atoms. The summed E-state index contributed by atoms with van der Waals surface area (Å²) < 4.78 is 4.99. The van der Waals surface area contributed by atoms with E-state index in [0.29, 0.717) is 0 Å². The zero-order chi connectivity index (χ0) is 29.9. The number of nitrogens with zero attached hydrogens (tertiary/aromatic N) is 4. The van der Waals surface area contributed by atoms with E-state index < -0.39 is 0 Å². The van der Waals surface area contributed by atoms with Crippen molar-refractivity contribution in [3.63, 3.8) is 0 Å². The van der Waals surface area contributed by atoms with E-state index in [4.69, 9.17) is 9.98 Å². The SMILES string of the molecule is CN1C(c2cccc3c2sc2cc4c(cc23)c2c(n4-c3ccccc3)C=CCC2)=NC(c2ccccc2)=NC1c1ccccc1. The summed E-state index contributed by atoms with van der Waals surface area (Å²) in [6, 6.07) is 43.1. The van der Waals surface area contributed by atoms with Crippen molar-refractivity contribution in [1.29, 1.82) is 0 Å². The molecule has 1 aliphatic carbocycles. The first-order chi connectivity index (χ1) is 22.2. The van der Waals surface area contributed by atoms with Crippen LogP contribution in [-0.4, -0.2) is 28.2 Å². The van der Waals surface area contributed by atoms with Gasteiger partial charge in [0.1, 0.15) is 12.0 Å². The van der Waals surface area contributed by atoms with Crippen LogP contribution in [0, 0.1) is 0 Å². The number of benzene rings is 5. The van der Waals surface area contributed by atoms with Gasteiger partial charge in [-0.15, -0.1) is 11.3 Å². The molecule has 1 unspecified atom stereocenters. The van der Waals surface area contributed by atoms with Crippen molar-refractivity contribution in [3.05, 3.63) is 155 Å². The van der Waals surface area contributed by atoms with Crippen LogP contribution < -0.4 is 0 Å². The molecule has 0 amide bonds. The molecule has 2 aromatic heterocycles. The van der Waals surface area contributed by atoms with Crippen molar-refractivity contribution in [3.8, 4) is 5.69 Å². The molecule has 216 valence electrons. The van der Waals surface area contributed by atoms with E-state index in [2.05, 4.69) is 144 Å². The quantitative estimate of drug-likeness (QED) is 0.199. The van der Waals surface area contributed by atoms with Gasteiger partial charge in [-0.05, 0) is 60.4 Å². The van der Waals surface area contributed by atoms with Gasteiger partial charge in [-0.2, -0.15) is 0 Å². The number of aromatic nitrogens is 1. The highest BCUT2D eigenvalue weighted by molar-refractivity contribution is 7.26. The predicted octanol–water partition coefficient (Wildman–Crippen LogP) is 9.80. The Labute approximate surface area is 265 Å². The Morgan fingerprint density at radius 1 is 0.756 bits per heavy atom. The van der Waals surface area contributed by atoms with Crippen molar-refractivity contribution >= 4 is 60.2 Å². The molecule has 1 atom stereocenters. The van der Waals surface area contributed by atoms with Gasteiger partial charge in [0.15, 0.2) is 5.84 Å². The molecule has 0 radical (unpaired) electrons. The third-order valence-corrected chi connectivity index (χ3v) is 10.3. The van der Waals surface area contributed by atoms with Crippen LogP contribution in [0.3, 0.4) is 0 Å². The molecule has 2 aliphatic rings. The van der Waals surface area contributed by atoms with Gasteiger partial charge in [0.25, 0.3) is 0 Å². The van der Waals surface area contributed by atoms with E-state index in [0.717, 1.165) is 41.2 Å². The Balaban J connectivity index is 1.26. The Morgan fingerprint density at radius 2 is 1.51 bits per heavy atom. The lowest BCUT2D eigenvalue weighted by Gasteiger charge is -2.32. The molecule has 9 rings (SSSR count). The maximum Gasteiger partial charge on any atom is 0.159 e. The molecule has 5 aromatic carbocycles. The first-order valence-corrected chi connectivity index (χ1v) is 16.3. The zero-order valence-electron chi connectivity index (χ0n) is 24.9. The summed E-state index contributed by atoms with van der Waals surface area (Å²) in [4.78, 5) is 12.6. The Morgan fingerprint density at radius 3 is 2.31 bits per heavy atom. The number of aryl methyl sites for hydroxylation is 1. The number of hydrogen-bond acceptors (Lipinski definition) is 4. The number of thiophene rings is 1. The van der Waals surface area contributed by atoms with E-state index in [-0.39, 0.29) is 6.17 Å². The van der Waals surface area contributed by atoms with Crippen LogP contribution in [0.5, 0.6) is 0 Å². The number of fused-ring (bicyclic) bond motifs is 6. The minimum absolute atomic E-state index is 0.175. The number of amidine groups is 2. The molecule has 0 saturated carbocycles. The van der Waals surface area contributed by atoms with Crippen LogP contribution in [0.1, 0.15) is 40.5 Å². The number of allylic oxidation sites excluding steroid dienone is 1. The number of rotatable bonds is 4. The van der Waals surface area contributed by atoms with E-state index in [1.165, 1.54) is 48.0 Å². The van der Waals surface area contributed by atoms with E-state index in [1.54, 1.807) is 0 Å². The molecule has 0 saturated heterocycles. The van der Waals surface area contributed by atoms with Gasteiger partial charge in [-0.1, -0.05) is 97.1 Å². The third-order valence-electron chi connectivity index (χ3n) is 9.11. The highest BCUT2D eigenvalue weighted by Gasteiger charge is 2.28. The average molecular weight is 599 g/mol. The highest BCUT2D eigenvalue weighted by Crippen LogP contribution is 2.43. The Kier molecular flexibility index (Phi) is 6.06. The minimum atomic E-state index is -0.175. The first kappa shape index (κ1) is 26.2. The Hall–Kier alpha value is -5.26. The molecule has 5 heteroatoms. The first-order valence-electron chi connectivity index (χ1n) is 15.5. The standard InChI is InChI=1S/C40H30N4S/c1-43-39(27-16-7-3-8-17-27)41-38(26-14-5-2-6-15-26)42-40(43)31-22-13-21-30-33-24-32-29-20-11-12-23-34(29)44(28-18-9-4-10-19-28)35(32)25-36(33)45-37(30)31/h2-10,12-19,21-25,39H,11,20H2,1H3. The summed E-state index contributed by atoms with van der Waals surface area (Å²) in [5.41, 5.74) is 8.54. The largest absolute Gasteiger partial charge is 0.333 e. The predicted molar refractivity (Wildman–Crippen MR) is 190 cm³/mol. The van der Waals surface area contributed by atoms with Crippen molar-refractivity contribution in [2.24, 2.45) is 9.98 Å². The van der Waals surface area contributed by atoms with Crippen LogP contribution >= 0.6 is 11.3 Å². The normalized spacial score (nSPS) is 16.3. The number of hydrogen-bond donors (Lipinski definition) is 0. The molecule has 7 aromatic rings. The second kappa shape index (κ2) is 10.4. The topological polar surface area (TPSA) is 32.9 Å². The molecule has 4 nitrogen and oxygen atoms in total. The van der Waals surface area contributed by atoms with Crippen LogP contribution in [0.15, 0.2) is 137 Å². The average Bonchev–Trinajstić information content (AvgIpc) is 3.63. The van der Waals surface area contributed by atoms with Crippen molar-refractivity contribution in [2.75, 3.05) is 7.05 Å². The minimum Gasteiger partial charge on any atom is -0.333 e. The van der Waals surface area contributed by atoms with Crippen LogP contribution in [0.2, 0.25) is 0 Å². The van der Waals surface area contributed by atoms with E-state index in [9.17, 15) is 0 Å². The van der Waals surface area contributed by atoms with E-state index >= 15 is 0 Å². The second-order valence-corrected chi connectivity index (χ2v) is 12.8. The van der Waals surface area contributed by atoms with Gasteiger partial charge in [-0.25, -0.2) is 9.98 Å². The fourth-order valence-electron chi connectivity index (χ4n) is 6.98. The van der Waals surface area contributed by atoms with Crippen molar-refractivity contribution in [1.82, 2.24) is 9.47 Å². The maximum absolute atomic E-state index is 5.24. The van der Waals surface area contributed by atoms with Gasteiger partial charge >= 0.3 is 0 Å². The summed E-state index contributed by atoms with van der Waals surface area (Å²) in [6.07, 6.45) is 6.58. The Bertz CT molecular complexity index is 2330. The van der Waals surface area contributed by atoms with Crippen molar-refractivity contribution < 1.29 is 0 Å². The van der Waals surface area contributed by atoms with Crippen LogP contribution in [0.4, 0.5) is 0 Å². The number of para-hydroxylation sites is 1. The fourth-order valence-corrected chi connectivity index (χ4v) is 8.21. The van der Waals surface area contributed by atoms with Gasteiger partial charge in [0.2, 0.25) is 0 Å². The third kappa shape index (κ3) is 4.19. The van der Waals surface area contributed by atoms with Gasteiger partial charge in [0, 0.05) is 55.1 Å². The zero-order valence-corrected chi connectivity index (χ0v) is 25.7. The molecule has 0 N–H and O–H groups in total.